The van der Waals surface area contributed by atoms with Crippen molar-refractivity contribution in [2.45, 2.75) is 32.7 Å². The molecule has 1 aromatic carbocycles. The molecule has 0 unspecified atom stereocenters. The first kappa shape index (κ1) is 17.3. The molecular formula is C20H26N4O. The van der Waals surface area contributed by atoms with Crippen LogP contribution in [0.1, 0.15) is 25.3 Å². The largest absolute Gasteiger partial charge is 0.356 e. The topological polar surface area (TPSA) is 49.6 Å². The first-order chi connectivity index (χ1) is 12.3. The first-order valence-electron chi connectivity index (χ1n) is 9.09. The van der Waals surface area contributed by atoms with Gasteiger partial charge in [0.2, 0.25) is 5.56 Å². The van der Waals surface area contributed by atoms with Crippen LogP contribution in [0, 0.1) is 0 Å². The van der Waals surface area contributed by atoms with Gasteiger partial charge in [-0.2, -0.15) is 0 Å². The van der Waals surface area contributed by atoms with Crippen molar-refractivity contribution in [1.29, 1.82) is 0 Å². The van der Waals surface area contributed by atoms with Gasteiger partial charge >= 0.3 is 0 Å². The van der Waals surface area contributed by atoms with E-state index in [1.165, 1.54) is 11.3 Å². The number of pyridine rings is 1. The molecule has 0 bridgehead atoms. The fourth-order valence-electron chi connectivity index (χ4n) is 3.18. The van der Waals surface area contributed by atoms with Gasteiger partial charge in [-0.05, 0) is 43.9 Å². The normalized spacial score (nSPS) is 13.8. The number of para-hydroxylation sites is 1. The van der Waals surface area contributed by atoms with E-state index < -0.39 is 0 Å². The van der Waals surface area contributed by atoms with Gasteiger partial charge in [0.15, 0.2) is 5.96 Å². The fourth-order valence-corrected chi connectivity index (χ4v) is 3.18. The monoisotopic (exact) mass is 338 g/mol. The summed E-state index contributed by atoms with van der Waals surface area (Å²) in [5.74, 6) is 0.962. The molecule has 1 aromatic heterocycles. The van der Waals surface area contributed by atoms with Crippen LogP contribution in [0.15, 0.2) is 58.4 Å². The number of hydrogen-bond acceptors (Lipinski definition) is 2. The van der Waals surface area contributed by atoms with E-state index in [0.717, 1.165) is 51.4 Å². The number of aromatic nitrogens is 1. The predicted molar refractivity (Wildman–Crippen MR) is 103 cm³/mol. The van der Waals surface area contributed by atoms with Crippen molar-refractivity contribution in [2.75, 3.05) is 24.5 Å². The van der Waals surface area contributed by atoms with Crippen LogP contribution in [-0.2, 0) is 13.0 Å². The summed E-state index contributed by atoms with van der Waals surface area (Å²) in [6.07, 6.45) is 4.82. The molecule has 25 heavy (non-hydrogen) atoms. The van der Waals surface area contributed by atoms with Gasteiger partial charge in [-0.15, -0.1) is 0 Å². The van der Waals surface area contributed by atoms with Crippen LogP contribution < -0.4 is 15.8 Å². The van der Waals surface area contributed by atoms with Gasteiger partial charge in [-0.25, -0.2) is 0 Å². The van der Waals surface area contributed by atoms with Crippen molar-refractivity contribution in [3.63, 3.8) is 0 Å². The maximum atomic E-state index is 11.7. The Labute approximate surface area is 149 Å². The lowest BCUT2D eigenvalue weighted by Gasteiger charge is -2.22. The maximum absolute atomic E-state index is 11.7. The minimum atomic E-state index is 0.0630. The maximum Gasteiger partial charge on any atom is 0.250 e. The smallest absolute Gasteiger partial charge is 0.250 e. The zero-order valence-electron chi connectivity index (χ0n) is 14.8. The summed E-state index contributed by atoms with van der Waals surface area (Å²) < 4.78 is 1.76. The zero-order valence-corrected chi connectivity index (χ0v) is 14.8. The van der Waals surface area contributed by atoms with Crippen LogP contribution in [0.2, 0.25) is 0 Å². The molecule has 0 saturated heterocycles. The number of nitrogens with one attached hydrogen (secondary N) is 1. The van der Waals surface area contributed by atoms with E-state index in [1.54, 1.807) is 16.7 Å². The highest BCUT2D eigenvalue weighted by Crippen LogP contribution is 2.27. The van der Waals surface area contributed by atoms with Crippen LogP contribution in [0.3, 0.4) is 0 Å². The molecule has 0 atom stereocenters. The summed E-state index contributed by atoms with van der Waals surface area (Å²) in [5.41, 5.74) is 2.71. The molecule has 2 heterocycles. The second kappa shape index (κ2) is 8.51. The van der Waals surface area contributed by atoms with E-state index in [4.69, 9.17) is 4.99 Å². The molecule has 0 spiro atoms. The second-order valence-corrected chi connectivity index (χ2v) is 6.21. The number of aliphatic imine (C=N–C) groups is 1. The Morgan fingerprint density at radius 3 is 2.84 bits per heavy atom. The minimum Gasteiger partial charge on any atom is -0.356 e. The quantitative estimate of drug-likeness (QED) is 0.500. The molecule has 0 amide bonds. The number of guanidine groups is 1. The molecule has 0 fully saturated rings. The molecule has 5 nitrogen and oxygen atoms in total. The van der Waals surface area contributed by atoms with Gasteiger partial charge < -0.3 is 14.8 Å². The first-order valence-corrected chi connectivity index (χ1v) is 9.09. The molecule has 0 radical (unpaired) electrons. The minimum absolute atomic E-state index is 0.0630. The van der Waals surface area contributed by atoms with Gasteiger partial charge in [0.1, 0.15) is 0 Å². The Morgan fingerprint density at radius 2 is 2.00 bits per heavy atom. The Hall–Kier alpha value is -2.56. The zero-order chi connectivity index (χ0) is 17.5. The Morgan fingerprint density at radius 1 is 1.16 bits per heavy atom. The van der Waals surface area contributed by atoms with Crippen molar-refractivity contribution >= 4 is 11.6 Å². The van der Waals surface area contributed by atoms with Crippen molar-refractivity contribution in [1.82, 2.24) is 9.88 Å². The third-order valence-electron chi connectivity index (χ3n) is 4.45. The standard InChI is InChI=1S/C20H26N4O/c1-2-21-20(24-16-12-17-9-3-4-10-18(17)24)22-13-6-8-15-23-14-7-5-11-19(23)25/h3-5,7,9-11,14H,2,6,8,12-13,15-16H2,1H3,(H,21,22). The van der Waals surface area contributed by atoms with Gasteiger partial charge in [-0.1, -0.05) is 24.3 Å². The highest BCUT2D eigenvalue weighted by Gasteiger charge is 2.22. The second-order valence-electron chi connectivity index (χ2n) is 6.21. The highest BCUT2D eigenvalue weighted by atomic mass is 16.1. The van der Waals surface area contributed by atoms with E-state index in [-0.39, 0.29) is 5.56 Å². The molecule has 0 aliphatic carbocycles. The number of hydrogen-bond donors (Lipinski definition) is 1. The molecule has 5 heteroatoms. The summed E-state index contributed by atoms with van der Waals surface area (Å²) in [5, 5.41) is 3.40. The number of nitrogens with zero attached hydrogens (tertiary/aromatic N) is 3. The molecular weight excluding hydrogens is 312 g/mol. The fraction of sp³-hybridized carbons (Fsp3) is 0.400. The van der Waals surface area contributed by atoms with Crippen LogP contribution >= 0.6 is 0 Å². The summed E-state index contributed by atoms with van der Waals surface area (Å²) in [7, 11) is 0. The van der Waals surface area contributed by atoms with Crippen molar-refractivity contribution in [3.8, 4) is 0 Å². The van der Waals surface area contributed by atoms with E-state index >= 15 is 0 Å². The molecule has 0 saturated carbocycles. The van der Waals surface area contributed by atoms with E-state index in [0.29, 0.717) is 0 Å². The number of aryl methyl sites for hydroxylation is 1. The van der Waals surface area contributed by atoms with E-state index in [9.17, 15) is 4.79 Å². The summed E-state index contributed by atoms with van der Waals surface area (Å²) in [6, 6.07) is 13.8. The number of unbranched alkanes of at least 4 members (excludes halogenated alkanes) is 1. The average molecular weight is 338 g/mol. The van der Waals surface area contributed by atoms with Gasteiger partial charge in [0.05, 0.1) is 0 Å². The van der Waals surface area contributed by atoms with Crippen LogP contribution in [0.5, 0.6) is 0 Å². The van der Waals surface area contributed by atoms with E-state index in [1.807, 2.05) is 12.3 Å². The lowest BCUT2D eigenvalue weighted by atomic mass is 10.2. The molecule has 3 rings (SSSR count). The molecule has 1 aliphatic heterocycles. The lowest BCUT2D eigenvalue weighted by Crippen LogP contribution is -2.40. The molecule has 2 aromatic rings. The summed E-state index contributed by atoms with van der Waals surface area (Å²) >= 11 is 0. The van der Waals surface area contributed by atoms with Crippen molar-refractivity contribution < 1.29 is 0 Å². The van der Waals surface area contributed by atoms with Crippen molar-refractivity contribution in [2.24, 2.45) is 4.99 Å². The van der Waals surface area contributed by atoms with E-state index in [2.05, 4.69) is 41.4 Å². The number of rotatable bonds is 6. The van der Waals surface area contributed by atoms with Gasteiger partial charge in [-0.3, -0.25) is 9.79 Å². The van der Waals surface area contributed by atoms with Gasteiger partial charge in [0, 0.05) is 44.1 Å². The predicted octanol–water partition coefficient (Wildman–Crippen LogP) is 2.66. The molecule has 1 N–H and O–H groups in total. The third-order valence-corrected chi connectivity index (χ3v) is 4.45. The Kier molecular flexibility index (Phi) is 5.88. The lowest BCUT2D eigenvalue weighted by molar-refractivity contribution is 0.598. The highest BCUT2D eigenvalue weighted by molar-refractivity contribution is 5.97. The molecule has 132 valence electrons. The third kappa shape index (κ3) is 4.29. The number of benzene rings is 1. The SMILES string of the molecule is CCNC(=NCCCCn1ccccc1=O)N1CCc2ccccc21. The average Bonchev–Trinajstić information content (AvgIpc) is 3.06. The van der Waals surface area contributed by atoms with Crippen LogP contribution in [0.25, 0.3) is 0 Å². The van der Waals surface area contributed by atoms with Crippen LogP contribution in [-0.4, -0.2) is 30.2 Å². The van der Waals surface area contributed by atoms with Crippen molar-refractivity contribution in [3.05, 3.63) is 64.6 Å². The summed E-state index contributed by atoms with van der Waals surface area (Å²) in [6.45, 7) is 5.45. The van der Waals surface area contributed by atoms with Crippen LogP contribution in [0.4, 0.5) is 5.69 Å². The Balaban J connectivity index is 1.56. The Bertz CT molecular complexity index is 781. The van der Waals surface area contributed by atoms with Gasteiger partial charge in [0.25, 0.3) is 0 Å². The number of fused-ring (bicyclic) bond motifs is 1. The molecule has 1 aliphatic rings. The summed E-state index contributed by atoms with van der Waals surface area (Å²) in [4.78, 5) is 18.8. The number of anilines is 1.